The molecular formula is C10H20O. The zero-order valence-corrected chi connectivity index (χ0v) is 8.18. The van der Waals surface area contributed by atoms with Gasteiger partial charge in [0.05, 0.1) is 0 Å². The summed E-state index contributed by atoms with van der Waals surface area (Å²) < 4.78 is 0. The molecule has 1 nitrogen and oxygen atoms in total. The van der Waals surface area contributed by atoms with Crippen molar-refractivity contribution in [1.29, 1.82) is 0 Å². The molecule has 0 aliphatic carbocycles. The van der Waals surface area contributed by atoms with Crippen molar-refractivity contribution >= 4 is 5.78 Å². The highest BCUT2D eigenvalue weighted by Crippen LogP contribution is 2.16. The van der Waals surface area contributed by atoms with Crippen LogP contribution in [0, 0.1) is 11.8 Å². The summed E-state index contributed by atoms with van der Waals surface area (Å²) in [7, 11) is 0. The summed E-state index contributed by atoms with van der Waals surface area (Å²) in [6.45, 7) is 8.39. The minimum Gasteiger partial charge on any atom is -0.300 e. The first-order valence-electron chi connectivity index (χ1n) is 4.53. The third-order valence-electron chi connectivity index (χ3n) is 2.33. The van der Waals surface area contributed by atoms with Gasteiger partial charge in [0.2, 0.25) is 0 Å². The monoisotopic (exact) mass is 156 g/mol. The normalized spacial score (nSPS) is 13.5. The molecule has 0 aliphatic rings. The number of carbonyl (C=O) groups excluding carboxylic acids is 1. The Morgan fingerprint density at radius 2 is 1.82 bits per heavy atom. The Morgan fingerprint density at radius 3 is 2.18 bits per heavy atom. The van der Waals surface area contributed by atoms with Crippen LogP contribution in [0.3, 0.4) is 0 Å². The second-order valence-corrected chi connectivity index (χ2v) is 3.82. The average molecular weight is 156 g/mol. The second-order valence-electron chi connectivity index (χ2n) is 3.82. The van der Waals surface area contributed by atoms with Gasteiger partial charge in [-0.2, -0.15) is 0 Å². The summed E-state index contributed by atoms with van der Waals surface area (Å²) >= 11 is 0. The Bertz CT molecular complexity index is 116. The standard InChI is InChI=1S/C10H20O/c1-8(2)9(3)6-5-7-10(4)11/h8-9H,5-7H2,1-4H3. The number of carbonyl (C=O) groups is 1. The Hall–Kier alpha value is -0.330. The smallest absolute Gasteiger partial charge is 0.129 e. The molecule has 0 aromatic heterocycles. The first-order valence-corrected chi connectivity index (χ1v) is 4.53. The van der Waals surface area contributed by atoms with Gasteiger partial charge < -0.3 is 4.79 Å². The van der Waals surface area contributed by atoms with E-state index in [1.54, 1.807) is 6.92 Å². The molecule has 0 aromatic carbocycles. The number of hydrogen-bond acceptors (Lipinski definition) is 1. The maximum atomic E-state index is 10.6. The molecule has 1 atom stereocenters. The molecule has 0 fully saturated rings. The lowest BCUT2D eigenvalue weighted by molar-refractivity contribution is -0.117. The molecule has 1 unspecified atom stereocenters. The lowest BCUT2D eigenvalue weighted by atomic mass is 9.92. The Kier molecular flexibility index (Phi) is 5.18. The van der Waals surface area contributed by atoms with Crippen LogP contribution < -0.4 is 0 Å². The second kappa shape index (κ2) is 5.34. The van der Waals surface area contributed by atoms with Crippen molar-refractivity contribution in [2.24, 2.45) is 11.8 Å². The Balaban J connectivity index is 3.31. The van der Waals surface area contributed by atoms with E-state index >= 15 is 0 Å². The fourth-order valence-electron chi connectivity index (χ4n) is 1.01. The van der Waals surface area contributed by atoms with Gasteiger partial charge in [-0.3, -0.25) is 0 Å². The number of Topliss-reactive ketones (excluding diaryl/α,β-unsaturated/α-hetero) is 1. The Morgan fingerprint density at radius 1 is 1.27 bits per heavy atom. The molecule has 1 heteroatoms. The van der Waals surface area contributed by atoms with Gasteiger partial charge in [0.25, 0.3) is 0 Å². The van der Waals surface area contributed by atoms with Gasteiger partial charge in [0, 0.05) is 6.42 Å². The van der Waals surface area contributed by atoms with Gasteiger partial charge in [-0.15, -0.1) is 0 Å². The first-order chi connectivity index (χ1) is 5.04. The van der Waals surface area contributed by atoms with Crippen LogP contribution in [-0.4, -0.2) is 5.78 Å². The molecule has 0 saturated carbocycles. The first kappa shape index (κ1) is 10.7. The van der Waals surface area contributed by atoms with Gasteiger partial charge in [-0.25, -0.2) is 0 Å². The third kappa shape index (κ3) is 6.08. The predicted octanol–water partition coefficient (Wildman–Crippen LogP) is 3.04. The van der Waals surface area contributed by atoms with Gasteiger partial charge in [0.15, 0.2) is 0 Å². The molecule has 0 radical (unpaired) electrons. The average Bonchev–Trinajstić information content (AvgIpc) is 1.86. The molecule has 0 aromatic rings. The van der Waals surface area contributed by atoms with Crippen LogP contribution in [0.15, 0.2) is 0 Å². The van der Waals surface area contributed by atoms with E-state index in [1.165, 1.54) is 6.42 Å². The van der Waals surface area contributed by atoms with E-state index in [4.69, 9.17) is 0 Å². The largest absolute Gasteiger partial charge is 0.300 e. The minimum atomic E-state index is 0.320. The van der Waals surface area contributed by atoms with E-state index in [9.17, 15) is 4.79 Å². The molecule has 11 heavy (non-hydrogen) atoms. The van der Waals surface area contributed by atoms with Crippen molar-refractivity contribution in [2.75, 3.05) is 0 Å². The zero-order chi connectivity index (χ0) is 8.85. The van der Waals surface area contributed by atoms with E-state index in [-0.39, 0.29) is 0 Å². The summed E-state index contributed by atoms with van der Waals surface area (Å²) in [4.78, 5) is 10.6. The van der Waals surface area contributed by atoms with Gasteiger partial charge >= 0.3 is 0 Å². The molecule has 0 saturated heterocycles. The van der Waals surface area contributed by atoms with Crippen molar-refractivity contribution in [3.05, 3.63) is 0 Å². The van der Waals surface area contributed by atoms with Crippen molar-refractivity contribution in [2.45, 2.75) is 47.0 Å². The highest BCUT2D eigenvalue weighted by atomic mass is 16.1. The van der Waals surface area contributed by atoms with Crippen molar-refractivity contribution < 1.29 is 4.79 Å². The Labute approximate surface area is 70.2 Å². The molecule has 0 heterocycles. The van der Waals surface area contributed by atoms with Crippen molar-refractivity contribution in [3.8, 4) is 0 Å². The van der Waals surface area contributed by atoms with Crippen molar-refractivity contribution in [1.82, 2.24) is 0 Å². The van der Waals surface area contributed by atoms with Gasteiger partial charge in [0.1, 0.15) is 5.78 Å². The maximum absolute atomic E-state index is 10.6. The molecular weight excluding hydrogens is 136 g/mol. The number of ketones is 1. The van der Waals surface area contributed by atoms with Crippen LogP contribution in [-0.2, 0) is 4.79 Å². The quantitative estimate of drug-likeness (QED) is 0.598. The molecule has 0 amide bonds. The summed E-state index contributed by atoms with van der Waals surface area (Å²) in [5.74, 6) is 1.83. The van der Waals surface area contributed by atoms with Crippen LogP contribution in [0.25, 0.3) is 0 Å². The van der Waals surface area contributed by atoms with E-state index in [0.717, 1.165) is 24.7 Å². The lowest BCUT2D eigenvalue weighted by Crippen LogP contribution is -2.04. The summed E-state index contributed by atoms with van der Waals surface area (Å²) in [5, 5.41) is 0. The van der Waals surface area contributed by atoms with Crippen LogP contribution in [0.5, 0.6) is 0 Å². The summed E-state index contributed by atoms with van der Waals surface area (Å²) in [5.41, 5.74) is 0. The lowest BCUT2D eigenvalue weighted by Gasteiger charge is -2.13. The van der Waals surface area contributed by atoms with Crippen LogP contribution in [0.2, 0.25) is 0 Å². The fourth-order valence-corrected chi connectivity index (χ4v) is 1.01. The molecule has 0 bridgehead atoms. The molecule has 0 rings (SSSR count). The van der Waals surface area contributed by atoms with E-state index in [1.807, 2.05) is 0 Å². The highest BCUT2D eigenvalue weighted by Gasteiger charge is 2.06. The van der Waals surface area contributed by atoms with Gasteiger partial charge in [-0.05, 0) is 25.2 Å². The number of rotatable bonds is 5. The topological polar surface area (TPSA) is 17.1 Å². The SMILES string of the molecule is CC(=O)CCCC(C)C(C)C. The van der Waals surface area contributed by atoms with E-state index in [0.29, 0.717) is 5.78 Å². The highest BCUT2D eigenvalue weighted by molar-refractivity contribution is 5.75. The summed E-state index contributed by atoms with van der Waals surface area (Å²) in [6, 6.07) is 0. The summed E-state index contributed by atoms with van der Waals surface area (Å²) in [6.07, 6.45) is 3.02. The van der Waals surface area contributed by atoms with Crippen LogP contribution in [0.4, 0.5) is 0 Å². The predicted molar refractivity (Wildman–Crippen MR) is 48.5 cm³/mol. The van der Waals surface area contributed by atoms with Gasteiger partial charge in [-0.1, -0.05) is 27.2 Å². The molecule has 66 valence electrons. The molecule has 0 spiro atoms. The third-order valence-corrected chi connectivity index (χ3v) is 2.33. The van der Waals surface area contributed by atoms with E-state index in [2.05, 4.69) is 20.8 Å². The minimum absolute atomic E-state index is 0.320. The molecule has 0 N–H and O–H groups in total. The van der Waals surface area contributed by atoms with Crippen LogP contribution in [0.1, 0.15) is 47.0 Å². The molecule has 0 aliphatic heterocycles. The van der Waals surface area contributed by atoms with Crippen LogP contribution >= 0.6 is 0 Å². The maximum Gasteiger partial charge on any atom is 0.129 e. The van der Waals surface area contributed by atoms with E-state index < -0.39 is 0 Å². The fraction of sp³-hybridized carbons (Fsp3) is 0.900. The number of hydrogen-bond donors (Lipinski definition) is 0. The van der Waals surface area contributed by atoms with Crippen molar-refractivity contribution in [3.63, 3.8) is 0 Å². The zero-order valence-electron chi connectivity index (χ0n) is 8.18.